The Labute approximate surface area is 112 Å². The molecule has 0 fully saturated rings. The van der Waals surface area contributed by atoms with Gasteiger partial charge in [0.2, 0.25) is 0 Å². The van der Waals surface area contributed by atoms with E-state index in [1.807, 2.05) is 6.07 Å². The van der Waals surface area contributed by atoms with Gasteiger partial charge in [0.25, 0.3) is 0 Å². The minimum atomic E-state index is -0.487. The number of para-hydroxylation sites is 1. The summed E-state index contributed by atoms with van der Waals surface area (Å²) >= 11 is 3.30. The molecule has 0 amide bonds. The second kappa shape index (κ2) is 5.07. The van der Waals surface area contributed by atoms with Crippen molar-refractivity contribution in [3.05, 3.63) is 52.3 Å². The molecule has 0 aromatic heterocycles. The van der Waals surface area contributed by atoms with E-state index in [4.69, 9.17) is 15.7 Å². The van der Waals surface area contributed by atoms with Crippen LogP contribution in [0.4, 0.5) is 10.1 Å². The molecule has 0 saturated carbocycles. The van der Waals surface area contributed by atoms with Gasteiger partial charge in [-0.1, -0.05) is 6.07 Å². The van der Waals surface area contributed by atoms with E-state index in [1.165, 1.54) is 12.1 Å². The van der Waals surface area contributed by atoms with Crippen LogP contribution in [0.15, 0.2) is 40.9 Å². The Morgan fingerprint density at radius 1 is 1.28 bits per heavy atom. The third-order valence-electron chi connectivity index (χ3n) is 2.27. The Morgan fingerprint density at radius 2 is 2.06 bits per heavy atom. The number of hydrogen-bond donors (Lipinski definition) is 1. The van der Waals surface area contributed by atoms with Gasteiger partial charge in [-0.25, -0.2) is 4.39 Å². The maximum Gasteiger partial charge on any atom is 0.164 e. The first-order chi connectivity index (χ1) is 8.61. The molecule has 5 heteroatoms. The van der Waals surface area contributed by atoms with Crippen molar-refractivity contribution in [1.82, 2.24) is 0 Å². The van der Waals surface area contributed by atoms with Crippen molar-refractivity contribution in [2.24, 2.45) is 0 Å². The van der Waals surface area contributed by atoms with Crippen molar-refractivity contribution in [3.63, 3.8) is 0 Å². The zero-order chi connectivity index (χ0) is 13.1. The van der Waals surface area contributed by atoms with Crippen molar-refractivity contribution in [1.29, 1.82) is 5.26 Å². The van der Waals surface area contributed by atoms with Crippen LogP contribution < -0.4 is 10.5 Å². The third kappa shape index (κ3) is 2.44. The van der Waals surface area contributed by atoms with E-state index in [1.54, 1.807) is 18.2 Å². The monoisotopic (exact) mass is 306 g/mol. The van der Waals surface area contributed by atoms with E-state index in [0.717, 1.165) is 6.07 Å². The van der Waals surface area contributed by atoms with E-state index in [-0.39, 0.29) is 11.3 Å². The first-order valence-corrected chi connectivity index (χ1v) is 5.82. The lowest BCUT2D eigenvalue weighted by atomic mass is 10.2. The number of halogens is 2. The highest BCUT2D eigenvalue weighted by Gasteiger charge is 2.10. The molecule has 0 saturated heterocycles. The Kier molecular flexibility index (Phi) is 3.49. The number of anilines is 1. The van der Waals surface area contributed by atoms with E-state index in [2.05, 4.69) is 15.9 Å². The smallest absolute Gasteiger partial charge is 0.164 e. The minimum Gasteiger partial charge on any atom is -0.453 e. The predicted molar refractivity (Wildman–Crippen MR) is 69.7 cm³/mol. The van der Waals surface area contributed by atoms with Gasteiger partial charge in [0.15, 0.2) is 5.75 Å². The summed E-state index contributed by atoms with van der Waals surface area (Å²) in [6.45, 7) is 0. The van der Waals surface area contributed by atoms with Gasteiger partial charge in [-0.3, -0.25) is 0 Å². The fourth-order valence-electron chi connectivity index (χ4n) is 1.42. The molecule has 0 radical (unpaired) electrons. The molecule has 0 heterocycles. The molecule has 0 aliphatic heterocycles. The van der Waals surface area contributed by atoms with Crippen LogP contribution in [0.1, 0.15) is 5.56 Å². The lowest BCUT2D eigenvalue weighted by molar-refractivity contribution is 0.478. The molecule has 0 unspecified atom stereocenters. The number of nitrogens with zero attached hydrogens (tertiary/aromatic N) is 1. The highest BCUT2D eigenvalue weighted by atomic mass is 79.9. The topological polar surface area (TPSA) is 59.0 Å². The van der Waals surface area contributed by atoms with Gasteiger partial charge in [-0.05, 0) is 46.3 Å². The SMILES string of the molecule is N#Cc1cc(F)ccc1Oc1c(N)cccc1Br. The van der Waals surface area contributed by atoms with Gasteiger partial charge in [0.05, 0.1) is 15.7 Å². The fourth-order valence-corrected chi connectivity index (χ4v) is 1.88. The molecule has 90 valence electrons. The largest absolute Gasteiger partial charge is 0.453 e. The molecular formula is C13H8BrFN2O. The van der Waals surface area contributed by atoms with Crippen LogP contribution in [0.5, 0.6) is 11.5 Å². The van der Waals surface area contributed by atoms with E-state index in [0.29, 0.717) is 15.9 Å². The lowest BCUT2D eigenvalue weighted by Crippen LogP contribution is -1.95. The Bertz CT molecular complexity index is 617. The average Bonchev–Trinajstić information content (AvgIpc) is 2.35. The Balaban J connectivity index is 2.44. The molecule has 0 aliphatic rings. The van der Waals surface area contributed by atoms with Crippen LogP contribution in [0.3, 0.4) is 0 Å². The zero-order valence-corrected chi connectivity index (χ0v) is 10.7. The van der Waals surface area contributed by atoms with Gasteiger partial charge < -0.3 is 10.5 Å². The zero-order valence-electron chi connectivity index (χ0n) is 9.15. The lowest BCUT2D eigenvalue weighted by Gasteiger charge is -2.11. The van der Waals surface area contributed by atoms with Gasteiger partial charge in [0, 0.05) is 0 Å². The van der Waals surface area contributed by atoms with Crippen LogP contribution in [-0.2, 0) is 0 Å². The van der Waals surface area contributed by atoms with Crippen LogP contribution in [0, 0.1) is 17.1 Å². The fraction of sp³-hybridized carbons (Fsp3) is 0. The second-order valence-corrected chi connectivity index (χ2v) is 4.37. The molecule has 2 N–H and O–H groups in total. The normalized spacial score (nSPS) is 9.83. The molecular weight excluding hydrogens is 299 g/mol. The van der Waals surface area contributed by atoms with Gasteiger partial charge >= 0.3 is 0 Å². The molecule has 3 nitrogen and oxygen atoms in total. The molecule has 0 spiro atoms. The van der Waals surface area contributed by atoms with Crippen LogP contribution in [0.2, 0.25) is 0 Å². The predicted octanol–water partition coefficient (Wildman–Crippen LogP) is 3.83. The summed E-state index contributed by atoms with van der Waals surface area (Å²) in [7, 11) is 0. The number of nitrogens with two attached hydrogens (primary N) is 1. The molecule has 0 atom stereocenters. The summed E-state index contributed by atoms with van der Waals surface area (Å²) in [4.78, 5) is 0. The summed E-state index contributed by atoms with van der Waals surface area (Å²) in [5.74, 6) is 0.178. The molecule has 2 aromatic rings. The van der Waals surface area contributed by atoms with E-state index < -0.39 is 5.82 Å². The highest BCUT2D eigenvalue weighted by molar-refractivity contribution is 9.10. The molecule has 18 heavy (non-hydrogen) atoms. The number of nitrogen functional groups attached to an aromatic ring is 1. The molecule has 2 aromatic carbocycles. The second-order valence-electron chi connectivity index (χ2n) is 3.51. The van der Waals surface area contributed by atoms with Crippen molar-refractivity contribution >= 4 is 21.6 Å². The van der Waals surface area contributed by atoms with Crippen molar-refractivity contribution in [2.75, 3.05) is 5.73 Å². The number of rotatable bonds is 2. The Morgan fingerprint density at radius 3 is 2.72 bits per heavy atom. The highest BCUT2D eigenvalue weighted by Crippen LogP contribution is 2.36. The number of benzene rings is 2. The van der Waals surface area contributed by atoms with E-state index in [9.17, 15) is 4.39 Å². The summed E-state index contributed by atoms with van der Waals surface area (Å²) in [6.07, 6.45) is 0. The van der Waals surface area contributed by atoms with Crippen LogP contribution in [-0.4, -0.2) is 0 Å². The van der Waals surface area contributed by atoms with Crippen molar-refractivity contribution < 1.29 is 9.13 Å². The summed E-state index contributed by atoms with van der Waals surface area (Å²) < 4.78 is 19.2. The quantitative estimate of drug-likeness (QED) is 0.858. The van der Waals surface area contributed by atoms with E-state index >= 15 is 0 Å². The van der Waals surface area contributed by atoms with Gasteiger partial charge in [0.1, 0.15) is 17.6 Å². The first kappa shape index (κ1) is 12.4. The van der Waals surface area contributed by atoms with Gasteiger partial charge in [-0.2, -0.15) is 5.26 Å². The summed E-state index contributed by atoms with van der Waals surface area (Å²) in [5, 5.41) is 8.92. The summed E-state index contributed by atoms with van der Waals surface area (Å²) in [6, 6.07) is 10.8. The standard InChI is InChI=1S/C13H8BrFN2O/c14-10-2-1-3-11(17)13(10)18-12-5-4-9(15)6-8(12)7-16/h1-6H,17H2. The summed E-state index contributed by atoms with van der Waals surface area (Å²) in [5.41, 5.74) is 6.32. The molecule has 0 bridgehead atoms. The van der Waals surface area contributed by atoms with Crippen LogP contribution in [0.25, 0.3) is 0 Å². The van der Waals surface area contributed by atoms with Crippen molar-refractivity contribution in [3.8, 4) is 17.6 Å². The number of hydrogen-bond acceptors (Lipinski definition) is 3. The van der Waals surface area contributed by atoms with Gasteiger partial charge in [-0.15, -0.1) is 0 Å². The Hall–Kier alpha value is -2.06. The molecule has 2 rings (SSSR count). The first-order valence-electron chi connectivity index (χ1n) is 5.03. The minimum absolute atomic E-state index is 0.116. The maximum atomic E-state index is 13.0. The number of nitriles is 1. The van der Waals surface area contributed by atoms with Crippen molar-refractivity contribution in [2.45, 2.75) is 0 Å². The third-order valence-corrected chi connectivity index (χ3v) is 2.90. The number of ether oxygens (including phenoxy) is 1. The molecule has 0 aliphatic carbocycles. The average molecular weight is 307 g/mol. The maximum absolute atomic E-state index is 13.0. The van der Waals surface area contributed by atoms with Crippen LogP contribution >= 0.6 is 15.9 Å².